The van der Waals surface area contributed by atoms with Gasteiger partial charge < -0.3 is 15.0 Å². The zero-order valence-corrected chi connectivity index (χ0v) is 20.8. The van der Waals surface area contributed by atoms with Crippen molar-refractivity contribution in [3.63, 3.8) is 0 Å². The minimum Gasteiger partial charge on any atom is -0.457 e. The monoisotopic (exact) mass is 493 g/mol. The Morgan fingerprint density at radius 2 is 1.89 bits per heavy atom. The summed E-state index contributed by atoms with van der Waals surface area (Å²) in [7, 11) is 0. The number of rotatable bonds is 8. The fraction of sp³-hybridized carbons (Fsp3) is 0.296. The first-order valence-corrected chi connectivity index (χ1v) is 12.5. The highest BCUT2D eigenvalue weighted by Crippen LogP contribution is 2.45. The first kappa shape index (κ1) is 24.7. The summed E-state index contributed by atoms with van der Waals surface area (Å²) in [4.78, 5) is 32.5. The molecule has 6 nitrogen and oxygen atoms in total. The molecular formula is C27H28FN3O3S. The van der Waals surface area contributed by atoms with Crippen molar-refractivity contribution < 1.29 is 18.7 Å². The minimum absolute atomic E-state index is 0.0414. The predicted octanol–water partition coefficient (Wildman–Crippen LogP) is 5.45. The molecule has 0 saturated heterocycles. The molecule has 2 aliphatic rings. The highest BCUT2D eigenvalue weighted by Gasteiger charge is 2.42. The van der Waals surface area contributed by atoms with Gasteiger partial charge in [-0.1, -0.05) is 67.2 Å². The van der Waals surface area contributed by atoms with Crippen LogP contribution in [-0.4, -0.2) is 28.0 Å². The Morgan fingerprint density at radius 1 is 1.17 bits per heavy atom. The van der Waals surface area contributed by atoms with Gasteiger partial charge in [-0.3, -0.25) is 4.79 Å². The van der Waals surface area contributed by atoms with Crippen LogP contribution in [0.5, 0.6) is 0 Å². The van der Waals surface area contributed by atoms with Crippen LogP contribution in [0.1, 0.15) is 50.8 Å². The molecule has 2 atom stereocenters. The number of allylic oxidation sites excluding steroid dienone is 1. The normalized spacial score (nSPS) is 17.9. The molecule has 0 saturated carbocycles. The van der Waals surface area contributed by atoms with Crippen molar-refractivity contribution in [2.45, 2.75) is 52.3 Å². The number of aliphatic imine (C=N–C) groups is 1. The van der Waals surface area contributed by atoms with Crippen molar-refractivity contribution in [1.29, 1.82) is 0 Å². The lowest BCUT2D eigenvalue weighted by molar-refractivity contribution is -0.141. The van der Waals surface area contributed by atoms with Crippen LogP contribution in [0.2, 0.25) is 0 Å². The van der Waals surface area contributed by atoms with Gasteiger partial charge in [-0.15, -0.1) is 0 Å². The van der Waals surface area contributed by atoms with Crippen LogP contribution >= 0.6 is 11.8 Å². The molecule has 0 spiro atoms. The van der Waals surface area contributed by atoms with Gasteiger partial charge in [-0.25, -0.2) is 14.2 Å². The van der Waals surface area contributed by atoms with Gasteiger partial charge in [0.05, 0.1) is 23.7 Å². The van der Waals surface area contributed by atoms with E-state index < -0.39 is 17.8 Å². The van der Waals surface area contributed by atoms with Gasteiger partial charge in [0.25, 0.3) is 0 Å². The average molecular weight is 494 g/mol. The third-order valence-electron chi connectivity index (χ3n) is 5.99. The van der Waals surface area contributed by atoms with Gasteiger partial charge in [-0.2, -0.15) is 0 Å². The van der Waals surface area contributed by atoms with E-state index in [0.717, 1.165) is 12.0 Å². The molecule has 0 fully saturated rings. The second-order valence-electron chi connectivity index (χ2n) is 8.53. The molecule has 35 heavy (non-hydrogen) atoms. The van der Waals surface area contributed by atoms with Crippen molar-refractivity contribution in [1.82, 2.24) is 10.2 Å². The van der Waals surface area contributed by atoms with Crippen LogP contribution in [-0.2, 0) is 20.9 Å². The van der Waals surface area contributed by atoms with E-state index in [4.69, 9.17) is 4.74 Å². The Morgan fingerprint density at radius 3 is 2.60 bits per heavy atom. The van der Waals surface area contributed by atoms with Crippen molar-refractivity contribution in [2.75, 3.05) is 0 Å². The number of hydrogen-bond acceptors (Lipinski definition) is 6. The predicted molar refractivity (Wildman–Crippen MR) is 136 cm³/mol. The Bertz CT molecular complexity index is 1210. The first-order valence-electron chi connectivity index (χ1n) is 11.6. The zero-order valence-electron chi connectivity index (χ0n) is 20.0. The highest BCUT2D eigenvalue weighted by atomic mass is 32.2. The summed E-state index contributed by atoms with van der Waals surface area (Å²) in [6.07, 6.45) is 0.903. The molecule has 2 heterocycles. The Kier molecular flexibility index (Phi) is 7.70. The largest absolute Gasteiger partial charge is 0.457 e. The van der Waals surface area contributed by atoms with Crippen LogP contribution in [0, 0.1) is 5.82 Å². The van der Waals surface area contributed by atoms with E-state index in [1.807, 2.05) is 49.6 Å². The number of fused-ring (bicyclic) bond motifs is 1. The quantitative estimate of drug-likeness (QED) is 0.495. The molecule has 0 aliphatic carbocycles. The van der Waals surface area contributed by atoms with Crippen LogP contribution in [0.4, 0.5) is 4.39 Å². The minimum atomic E-state index is -0.801. The summed E-state index contributed by atoms with van der Waals surface area (Å²) in [5.41, 5.74) is 2.55. The number of benzene rings is 2. The summed E-state index contributed by atoms with van der Waals surface area (Å²) in [6.45, 7) is 5.76. The first-order chi connectivity index (χ1) is 16.9. The summed E-state index contributed by atoms with van der Waals surface area (Å²) in [5, 5.41) is 5.41. The topological polar surface area (TPSA) is 71.0 Å². The van der Waals surface area contributed by atoms with E-state index in [-0.39, 0.29) is 30.5 Å². The van der Waals surface area contributed by atoms with Crippen LogP contribution in [0.25, 0.3) is 0 Å². The second-order valence-corrected chi connectivity index (χ2v) is 9.37. The number of carbonyl (C=O) groups excluding carboxylic acids is 2. The molecule has 2 aromatic carbocycles. The maximum Gasteiger partial charge on any atom is 0.338 e. The van der Waals surface area contributed by atoms with E-state index in [0.29, 0.717) is 22.1 Å². The maximum absolute atomic E-state index is 15.1. The summed E-state index contributed by atoms with van der Waals surface area (Å²) < 4.78 is 20.7. The third kappa shape index (κ3) is 5.48. The van der Waals surface area contributed by atoms with Crippen LogP contribution in [0.15, 0.2) is 82.0 Å². The molecule has 0 bridgehead atoms. The fourth-order valence-corrected chi connectivity index (χ4v) is 4.98. The van der Waals surface area contributed by atoms with Gasteiger partial charge >= 0.3 is 5.97 Å². The highest BCUT2D eigenvalue weighted by molar-refractivity contribution is 8.16. The summed E-state index contributed by atoms with van der Waals surface area (Å²) in [6, 6.07) is 15.0. The molecule has 8 heteroatoms. The second kappa shape index (κ2) is 10.9. The number of amidine groups is 1. The smallest absolute Gasteiger partial charge is 0.338 e. The van der Waals surface area contributed by atoms with Gasteiger partial charge in [0.2, 0.25) is 5.91 Å². The molecule has 4 rings (SSSR count). The third-order valence-corrected chi connectivity index (χ3v) is 6.88. The molecule has 2 aliphatic heterocycles. The molecular weight excluding hydrogens is 465 g/mol. The SMILES string of the molecule is CCC(C)NC(=O)CC1=CSC2=NC(C)=C(C(=O)OCc3ccccc3)C(c3ccccc3F)N12. The lowest BCUT2D eigenvalue weighted by Gasteiger charge is -2.36. The van der Waals surface area contributed by atoms with E-state index in [1.165, 1.54) is 17.8 Å². The number of carbonyl (C=O) groups is 2. The van der Waals surface area contributed by atoms with E-state index >= 15 is 4.39 Å². The lowest BCUT2D eigenvalue weighted by atomic mass is 9.93. The number of nitrogens with one attached hydrogen (secondary N) is 1. The standard InChI is InChI=1S/C27H28FN3O3S/c1-4-17(2)29-23(32)14-20-16-35-27-30-18(3)24(26(33)34-15-19-10-6-5-7-11-19)25(31(20)27)21-12-8-9-13-22(21)28/h5-13,16-17,25H,4,14-15H2,1-3H3,(H,29,32). The van der Waals surface area contributed by atoms with Crippen molar-refractivity contribution in [3.05, 3.63) is 93.9 Å². The zero-order chi connectivity index (χ0) is 24.9. The van der Waals surface area contributed by atoms with Gasteiger partial charge in [0.15, 0.2) is 5.17 Å². The Balaban J connectivity index is 1.67. The molecule has 182 valence electrons. The van der Waals surface area contributed by atoms with Crippen LogP contribution < -0.4 is 5.32 Å². The van der Waals surface area contributed by atoms with E-state index in [2.05, 4.69) is 10.3 Å². The van der Waals surface area contributed by atoms with Gasteiger partial charge in [0.1, 0.15) is 12.4 Å². The molecule has 0 radical (unpaired) electrons. The molecule has 1 amide bonds. The summed E-state index contributed by atoms with van der Waals surface area (Å²) >= 11 is 1.36. The lowest BCUT2D eigenvalue weighted by Crippen LogP contribution is -2.39. The number of esters is 1. The Labute approximate surface area is 209 Å². The Hall–Kier alpha value is -3.39. The van der Waals surface area contributed by atoms with Crippen molar-refractivity contribution in [2.24, 2.45) is 4.99 Å². The summed E-state index contributed by atoms with van der Waals surface area (Å²) in [5.74, 6) is -1.15. The molecule has 1 N–H and O–H groups in total. The van der Waals surface area contributed by atoms with Gasteiger partial charge in [0, 0.05) is 17.3 Å². The van der Waals surface area contributed by atoms with Crippen molar-refractivity contribution in [3.8, 4) is 0 Å². The van der Waals surface area contributed by atoms with Crippen LogP contribution in [0.3, 0.4) is 0 Å². The molecule has 2 aromatic rings. The number of thioether (sulfide) groups is 1. The number of halogens is 1. The fourth-order valence-electron chi connectivity index (χ4n) is 4.02. The van der Waals surface area contributed by atoms with E-state index in [1.54, 1.807) is 30.0 Å². The number of amides is 1. The van der Waals surface area contributed by atoms with E-state index in [9.17, 15) is 9.59 Å². The van der Waals surface area contributed by atoms with Gasteiger partial charge in [-0.05, 0) is 37.3 Å². The maximum atomic E-state index is 15.1. The number of hydrogen-bond donors (Lipinski definition) is 1. The number of nitrogens with zero attached hydrogens (tertiary/aromatic N) is 2. The number of ether oxygens (including phenoxy) is 1. The average Bonchev–Trinajstić information content (AvgIpc) is 3.24. The van der Waals surface area contributed by atoms with Crippen molar-refractivity contribution >= 4 is 28.8 Å². The molecule has 0 aromatic heterocycles. The molecule has 2 unspecified atom stereocenters.